The lowest BCUT2D eigenvalue weighted by Crippen LogP contribution is -2.23. The number of nitrogens with zero attached hydrogens (tertiary/aromatic N) is 3. The Hall–Kier alpha value is -1.66. The second kappa shape index (κ2) is 5.32. The maximum absolute atomic E-state index is 5.11. The molecule has 0 radical (unpaired) electrons. The highest BCUT2D eigenvalue weighted by Crippen LogP contribution is 2.19. The molecule has 0 aromatic carbocycles. The Morgan fingerprint density at radius 1 is 1.39 bits per heavy atom. The van der Waals surface area contributed by atoms with Gasteiger partial charge in [0.15, 0.2) is 11.9 Å². The highest BCUT2D eigenvalue weighted by molar-refractivity contribution is 5.81. The van der Waals surface area contributed by atoms with Crippen molar-refractivity contribution in [1.29, 1.82) is 0 Å². The van der Waals surface area contributed by atoms with E-state index in [2.05, 4.69) is 15.4 Å². The van der Waals surface area contributed by atoms with Gasteiger partial charge in [-0.15, -0.1) is 0 Å². The van der Waals surface area contributed by atoms with E-state index >= 15 is 0 Å². The SMILES string of the molecule is COC(CNc1cnc2c(c1)c(C)nn2C)OC. The van der Waals surface area contributed by atoms with Gasteiger partial charge >= 0.3 is 0 Å². The molecule has 0 unspecified atom stereocenters. The van der Waals surface area contributed by atoms with Gasteiger partial charge in [0, 0.05) is 26.7 Å². The summed E-state index contributed by atoms with van der Waals surface area (Å²) in [5, 5.41) is 8.61. The minimum atomic E-state index is -0.268. The third kappa shape index (κ3) is 2.44. The number of ether oxygens (including phenoxy) is 2. The highest BCUT2D eigenvalue weighted by atomic mass is 16.7. The van der Waals surface area contributed by atoms with Crippen LogP contribution in [0.1, 0.15) is 5.69 Å². The first-order valence-electron chi connectivity index (χ1n) is 5.74. The molecule has 2 aromatic rings. The van der Waals surface area contributed by atoms with Gasteiger partial charge in [0.2, 0.25) is 0 Å². The molecule has 0 bridgehead atoms. The third-order valence-corrected chi connectivity index (χ3v) is 2.86. The van der Waals surface area contributed by atoms with E-state index in [9.17, 15) is 0 Å². The van der Waals surface area contributed by atoms with Crippen LogP contribution in [0.4, 0.5) is 5.69 Å². The van der Waals surface area contributed by atoms with Crippen LogP contribution in [0, 0.1) is 6.92 Å². The Morgan fingerprint density at radius 2 is 2.11 bits per heavy atom. The van der Waals surface area contributed by atoms with Crippen molar-refractivity contribution in [2.75, 3.05) is 26.1 Å². The summed E-state index contributed by atoms with van der Waals surface area (Å²) in [6.07, 6.45) is 1.52. The van der Waals surface area contributed by atoms with Gasteiger partial charge in [0.1, 0.15) is 0 Å². The number of pyridine rings is 1. The topological polar surface area (TPSA) is 61.2 Å². The fraction of sp³-hybridized carbons (Fsp3) is 0.500. The van der Waals surface area contributed by atoms with Gasteiger partial charge in [-0.1, -0.05) is 0 Å². The fourth-order valence-electron chi connectivity index (χ4n) is 1.87. The van der Waals surface area contributed by atoms with Crippen molar-refractivity contribution >= 4 is 16.7 Å². The molecule has 0 spiro atoms. The predicted octanol–water partition coefficient (Wildman–Crippen LogP) is 1.31. The molecule has 0 aliphatic rings. The number of nitrogens with one attached hydrogen (secondary N) is 1. The van der Waals surface area contributed by atoms with E-state index < -0.39 is 0 Å². The van der Waals surface area contributed by atoms with Crippen LogP contribution in [0.15, 0.2) is 12.3 Å². The number of aryl methyl sites for hydroxylation is 2. The van der Waals surface area contributed by atoms with Crippen molar-refractivity contribution < 1.29 is 9.47 Å². The van der Waals surface area contributed by atoms with E-state index in [4.69, 9.17) is 9.47 Å². The molecule has 6 nitrogen and oxygen atoms in total. The van der Waals surface area contributed by atoms with Gasteiger partial charge in [-0.25, -0.2) is 4.98 Å². The van der Waals surface area contributed by atoms with Crippen LogP contribution in [0.25, 0.3) is 11.0 Å². The molecule has 0 aliphatic heterocycles. The predicted molar refractivity (Wildman–Crippen MR) is 69.5 cm³/mol. The lowest BCUT2D eigenvalue weighted by Gasteiger charge is -2.14. The largest absolute Gasteiger partial charge is 0.379 e. The standard InChI is InChI=1S/C12H18N4O2/c1-8-10-5-9(13-7-11(17-3)18-4)6-14-12(10)16(2)15-8/h5-6,11,13H,7H2,1-4H3. The van der Waals surface area contributed by atoms with Crippen molar-refractivity contribution in [2.45, 2.75) is 13.2 Å². The van der Waals surface area contributed by atoms with Crippen LogP contribution < -0.4 is 5.32 Å². The molecule has 0 fully saturated rings. The van der Waals surface area contributed by atoms with Crippen LogP contribution in [-0.2, 0) is 16.5 Å². The Labute approximate surface area is 106 Å². The summed E-state index contributed by atoms with van der Waals surface area (Å²) in [6, 6.07) is 2.03. The van der Waals surface area contributed by atoms with Crippen LogP contribution >= 0.6 is 0 Å². The number of hydrogen-bond acceptors (Lipinski definition) is 5. The molecule has 0 saturated heterocycles. The summed E-state index contributed by atoms with van der Waals surface area (Å²) in [5.41, 5.74) is 2.78. The van der Waals surface area contributed by atoms with Gasteiger partial charge in [0.05, 0.1) is 24.1 Å². The van der Waals surface area contributed by atoms with Gasteiger partial charge in [-0.3, -0.25) is 4.68 Å². The monoisotopic (exact) mass is 250 g/mol. The average molecular weight is 250 g/mol. The second-order valence-corrected chi connectivity index (χ2v) is 4.09. The normalized spacial score (nSPS) is 11.4. The molecule has 98 valence electrons. The van der Waals surface area contributed by atoms with Crippen LogP contribution in [0.5, 0.6) is 0 Å². The number of fused-ring (bicyclic) bond motifs is 1. The quantitative estimate of drug-likeness (QED) is 0.811. The lowest BCUT2D eigenvalue weighted by atomic mass is 10.2. The summed E-state index contributed by atoms with van der Waals surface area (Å²) < 4.78 is 12.0. The van der Waals surface area contributed by atoms with Crippen molar-refractivity contribution in [3.8, 4) is 0 Å². The number of hydrogen-bond donors (Lipinski definition) is 1. The summed E-state index contributed by atoms with van der Waals surface area (Å²) in [7, 11) is 5.12. The first-order valence-corrected chi connectivity index (χ1v) is 5.74. The molecule has 2 heterocycles. The first kappa shape index (κ1) is 12.8. The average Bonchev–Trinajstić information content (AvgIpc) is 2.66. The van der Waals surface area contributed by atoms with Crippen molar-refractivity contribution in [1.82, 2.24) is 14.8 Å². The molecule has 6 heteroatoms. The molecule has 0 saturated carbocycles. The summed E-state index contributed by atoms with van der Waals surface area (Å²) in [4.78, 5) is 4.39. The fourth-order valence-corrected chi connectivity index (χ4v) is 1.87. The Kier molecular flexibility index (Phi) is 3.78. The van der Waals surface area contributed by atoms with Gasteiger partial charge in [-0.05, 0) is 13.0 Å². The molecular formula is C12H18N4O2. The molecular weight excluding hydrogens is 232 g/mol. The van der Waals surface area contributed by atoms with Crippen molar-refractivity contribution in [2.24, 2.45) is 7.05 Å². The van der Waals surface area contributed by atoms with Crippen LogP contribution in [0.3, 0.4) is 0 Å². The van der Waals surface area contributed by atoms with Crippen molar-refractivity contribution in [3.05, 3.63) is 18.0 Å². The van der Waals surface area contributed by atoms with E-state index in [1.165, 1.54) is 0 Å². The van der Waals surface area contributed by atoms with E-state index in [1.807, 2.05) is 20.0 Å². The molecule has 2 rings (SSSR count). The lowest BCUT2D eigenvalue weighted by molar-refractivity contribution is -0.0914. The zero-order valence-electron chi connectivity index (χ0n) is 11.1. The molecule has 0 aliphatic carbocycles. The summed E-state index contributed by atoms with van der Waals surface area (Å²) in [6.45, 7) is 2.54. The number of methoxy groups -OCH3 is 2. The number of anilines is 1. The third-order valence-electron chi connectivity index (χ3n) is 2.86. The molecule has 18 heavy (non-hydrogen) atoms. The maximum Gasteiger partial charge on any atom is 0.173 e. The van der Waals surface area contributed by atoms with E-state index in [0.717, 1.165) is 22.4 Å². The highest BCUT2D eigenvalue weighted by Gasteiger charge is 2.08. The smallest absolute Gasteiger partial charge is 0.173 e. The zero-order valence-corrected chi connectivity index (χ0v) is 11.1. The number of aromatic nitrogens is 3. The Bertz CT molecular complexity index is 534. The van der Waals surface area contributed by atoms with Crippen LogP contribution in [-0.4, -0.2) is 41.8 Å². The molecule has 0 atom stereocenters. The summed E-state index contributed by atoms with van der Waals surface area (Å²) in [5.74, 6) is 0. The Morgan fingerprint density at radius 3 is 2.78 bits per heavy atom. The molecule has 2 aromatic heterocycles. The van der Waals surface area contributed by atoms with E-state index in [-0.39, 0.29) is 6.29 Å². The summed E-state index contributed by atoms with van der Waals surface area (Å²) >= 11 is 0. The van der Waals surface area contributed by atoms with Gasteiger partial charge < -0.3 is 14.8 Å². The second-order valence-electron chi connectivity index (χ2n) is 4.09. The maximum atomic E-state index is 5.11. The molecule has 0 amide bonds. The van der Waals surface area contributed by atoms with Crippen LogP contribution in [0.2, 0.25) is 0 Å². The Balaban J connectivity index is 2.17. The van der Waals surface area contributed by atoms with E-state index in [1.54, 1.807) is 25.1 Å². The van der Waals surface area contributed by atoms with E-state index in [0.29, 0.717) is 6.54 Å². The molecule has 1 N–H and O–H groups in total. The first-order chi connectivity index (χ1) is 8.65. The number of rotatable bonds is 5. The minimum absolute atomic E-state index is 0.268. The van der Waals surface area contributed by atoms with Gasteiger partial charge in [-0.2, -0.15) is 5.10 Å². The van der Waals surface area contributed by atoms with Crippen molar-refractivity contribution in [3.63, 3.8) is 0 Å². The van der Waals surface area contributed by atoms with Gasteiger partial charge in [0.25, 0.3) is 0 Å². The minimum Gasteiger partial charge on any atom is -0.379 e. The zero-order chi connectivity index (χ0) is 13.1.